The molecule has 2 nitrogen and oxygen atoms in total. The van der Waals surface area contributed by atoms with E-state index in [-0.39, 0.29) is 0 Å². The molecule has 20 heavy (non-hydrogen) atoms. The molecule has 0 radical (unpaired) electrons. The Morgan fingerprint density at radius 3 is 2.60 bits per heavy atom. The lowest BCUT2D eigenvalue weighted by molar-refractivity contribution is 0.478. The lowest BCUT2D eigenvalue weighted by Crippen LogP contribution is -2.11. The Balaban J connectivity index is 2.17. The predicted molar refractivity (Wildman–Crippen MR) is 90.5 cm³/mol. The van der Waals surface area contributed by atoms with Crippen molar-refractivity contribution >= 4 is 31.9 Å². The monoisotopic (exact) mass is 397 g/mol. The van der Waals surface area contributed by atoms with Gasteiger partial charge in [-0.2, -0.15) is 0 Å². The van der Waals surface area contributed by atoms with E-state index in [9.17, 15) is 0 Å². The van der Waals surface area contributed by atoms with Crippen LogP contribution in [0, 0.1) is 6.92 Å². The largest absolute Gasteiger partial charge is 0.457 e. The van der Waals surface area contributed by atoms with Gasteiger partial charge in [0.2, 0.25) is 0 Å². The SMILES string of the molecule is CCNCc1ccc(Oc2cc(Br)ccc2C)cc1Br. The molecule has 0 saturated heterocycles. The van der Waals surface area contributed by atoms with Crippen LogP contribution in [-0.2, 0) is 6.54 Å². The zero-order chi connectivity index (χ0) is 14.5. The van der Waals surface area contributed by atoms with E-state index in [1.807, 2.05) is 37.3 Å². The fourth-order valence-corrected chi connectivity index (χ4v) is 2.64. The first-order valence-electron chi connectivity index (χ1n) is 6.53. The number of hydrogen-bond acceptors (Lipinski definition) is 2. The molecule has 106 valence electrons. The van der Waals surface area contributed by atoms with Crippen molar-refractivity contribution < 1.29 is 4.74 Å². The number of halogens is 2. The Morgan fingerprint density at radius 1 is 1.10 bits per heavy atom. The van der Waals surface area contributed by atoms with Crippen LogP contribution in [0.1, 0.15) is 18.1 Å². The van der Waals surface area contributed by atoms with Crippen LogP contribution in [0.4, 0.5) is 0 Å². The van der Waals surface area contributed by atoms with E-state index >= 15 is 0 Å². The fraction of sp³-hybridized carbons (Fsp3) is 0.250. The van der Waals surface area contributed by atoms with Crippen molar-refractivity contribution in [1.82, 2.24) is 5.32 Å². The minimum absolute atomic E-state index is 0.832. The van der Waals surface area contributed by atoms with Gasteiger partial charge in [0.25, 0.3) is 0 Å². The summed E-state index contributed by atoms with van der Waals surface area (Å²) in [6.07, 6.45) is 0. The van der Waals surface area contributed by atoms with Crippen molar-refractivity contribution in [2.45, 2.75) is 20.4 Å². The summed E-state index contributed by atoms with van der Waals surface area (Å²) in [5.74, 6) is 1.70. The lowest BCUT2D eigenvalue weighted by atomic mass is 10.2. The van der Waals surface area contributed by atoms with Gasteiger partial charge < -0.3 is 10.1 Å². The van der Waals surface area contributed by atoms with Crippen LogP contribution in [-0.4, -0.2) is 6.54 Å². The number of ether oxygens (including phenoxy) is 1. The van der Waals surface area contributed by atoms with Gasteiger partial charge in [0, 0.05) is 15.5 Å². The summed E-state index contributed by atoms with van der Waals surface area (Å²) in [6.45, 7) is 5.95. The molecule has 0 aliphatic carbocycles. The lowest BCUT2D eigenvalue weighted by Gasteiger charge is -2.11. The molecular weight excluding hydrogens is 382 g/mol. The summed E-state index contributed by atoms with van der Waals surface area (Å²) in [6, 6.07) is 12.1. The molecule has 0 spiro atoms. The molecule has 0 aromatic heterocycles. The molecule has 2 aromatic rings. The van der Waals surface area contributed by atoms with Crippen molar-refractivity contribution in [3.8, 4) is 11.5 Å². The van der Waals surface area contributed by atoms with E-state index in [2.05, 4.69) is 50.2 Å². The molecule has 0 aliphatic heterocycles. The van der Waals surface area contributed by atoms with Gasteiger partial charge in [-0.3, -0.25) is 0 Å². The first-order valence-corrected chi connectivity index (χ1v) is 8.12. The maximum absolute atomic E-state index is 5.95. The zero-order valence-corrected chi connectivity index (χ0v) is 14.7. The fourth-order valence-electron chi connectivity index (χ4n) is 1.81. The third kappa shape index (κ3) is 4.08. The molecule has 0 atom stereocenters. The summed E-state index contributed by atoms with van der Waals surface area (Å²) < 4.78 is 8.02. The van der Waals surface area contributed by atoms with Crippen LogP contribution in [0.5, 0.6) is 11.5 Å². The van der Waals surface area contributed by atoms with Crippen LogP contribution in [0.25, 0.3) is 0 Å². The third-order valence-electron chi connectivity index (χ3n) is 2.97. The second-order valence-corrected chi connectivity index (χ2v) is 6.32. The molecule has 2 aromatic carbocycles. The second kappa shape index (κ2) is 7.25. The van der Waals surface area contributed by atoms with Gasteiger partial charge in [0.15, 0.2) is 0 Å². The Bertz CT molecular complexity index is 599. The topological polar surface area (TPSA) is 21.3 Å². The molecule has 0 bridgehead atoms. The van der Waals surface area contributed by atoms with Crippen LogP contribution in [0.15, 0.2) is 45.3 Å². The van der Waals surface area contributed by atoms with Gasteiger partial charge in [-0.25, -0.2) is 0 Å². The molecule has 0 saturated carbocycles. The maximum Gasteiger partial charge on any atom is 0.131 e. The highest BCUT2D eigenvalue weighted by atomic mass is 79.9. The molecule has 1 N–H and O–H groups in total. The minimum Gasteiger partial charge on any atom is -0.457 e. The van der Waals surface area contributed by atoms with E-state index in [1.54, 1.807) is 0 Å². The quantitative estimate of drug-likeness (QED) is 0.725. The second-order valence-electron chi connectivity index (χ2n) is 4.55. The number of rotatable bonds is 5. The highest BCUT2D eigenvalue weighted by molar-refractivity contribution is 9.10. The normalized spacial score (nSPS) is 10.6. The Labute approximate surface area is 136 Å². The molecule has 4 heteroatoms. The average Bonchev–Trinajstić information content (AvgIpc) is 2.42. The van der Waals surface area contributed by atoms with Gasteiger partial charge in [0.1, 0.15) is 11.5 Å². The number of aryl methyl sites for hydroxylation is 1. The number of benzene rings is 2. The molecule has 2 rings (SSSR count). The van der Waals surface area contributed by atoms with Gasteiger partial charge in [-0.15, -0.1) is 0 Å². The highest BCUT2D eigenvalue weighted by Crippen LogP contribution is 2.30. The van der Waals surface area contributed by atoms with Crippen LogP contribution in [0.2, 0.25) is 0 Å². The highest BCUT2D eigenvalue weighted by Gasteiger charge is 2.05. The average molecular weight is 399 g/mol. The summed E-state index contributed by atoms with van der Waals surface area (Å²) in [4.78, 5) is 0. The number of hydrogen-bond donors (Lipinski definition) is 1. The molecule has 0 aliphatic rings. The Hall–Kier alpha value is -0.840. The first kappa shape index (κ1) is 15.5. The summed E-state index contributed by atoms with van der Waals surface area (Å²) >= 11 is 7.06. The Morgan fingerprint density at radius 2 is 1.90 bits per heavy atom. The van der Waals surface area contributed by atoms with Crippen molar-refractivity contribution in [2.75, 3.05) is 6.54 Å². The van der Waals surface area contributed by atoms with Crippen LogP contribution >= 0.6 is 31.9 Å². The molecule has 0 amide bonds. The third-order valence-corrected chi connectivity index (χ3v) is 4.20. The van der Waals surface area contributed by atoms with E-state index in [1.165, 1.54) is 5.56 Å². The zero-order valence-electron chi connectivity index (χ0n) is 11.5. The minimum atomic E-state index is 0.832. The van der Waals surface area contributed by atoms with E-state index < -0.39 is 0 Å². The summed E-state index contributed by atoms with van der Waals surface area (Å²) in [5, 5.41) is 3.31. The molecular formula is C16H17Br2NO. The smallest absolute Gasteiger partial charge is 0.131 e. The van der Waals surface area contributed by atoms with Gasteiger partial charge in [-0.05, 0) is 48.9 Å². The predicted octanol–water partition coefficient (Wildman–Crippen LogP) is 5.42. The number of nitrogens with one attached hydrogen (secondary N) is 1. The van der Waals surface area contributed by atoms with Gasteiger partial charge >= 0.3 is 0 Å². The van der Waals surface area contributed by atoms with Crippen molar-refractivity contribution in [3.63, 3.8) is 0 Å². The maximum atomic E-state index is 5.95. The first-order chi connectivity index (χ1) is 9.60. The van der Waals surface area contributed by atoms with Crippen LogP contribution in [0.3, 0.4) is 0 Å². The van der Waals surface area contributed by atoms with Crippen molar-refractivity contribution in [3.05, 3.63) is 56.5 Å². The van der Waals surface area contributed by atoms with E-state index in [0.29, 0.717) is 0 Å². The molecule has 0 heterocycles. The van der Waals surface area contributed by atoms with E-state index in [4.69, 9.17) is 4.74 Å². The summed E-state index contributed by atoms with van der Waals surface area (Å²) in [5.41, 5.74) is 2.34. The summed E-state index contributed by atoms with van der Waals surface area (Å²) in [7, 11) is 0. The van der Waals surface area contributed by atoms with Crippen molar-refractivity contribution in [2.24, 2.45) is 0 Å². The van der Waals surface area contributed by atoms with Crippen molar-refractivity contribution in [1.29, 1.82) is 0 Å². The van der Waals surface area contributed by atoms with E-state index in [0.717, 1.165) is 39.1 Å². The van der Waals surface area contributed by atoms with Gasteiger partial charge in [0.05, 0.1) is 0 Å². The van der Waals surface area contributed by atoms with Crippen LogP contribution < -0.4 is 10.1 Å². The molecule has 0 fully saturated rings. The molecule has 0 unspecified atom stereocenters. The van der Waals surface area contributed by atoms with Gasteiger partial charge in [-0.1, -0.05) is 50.9 Å². The standard InChI is InChI=1S/C16H17Br2NO/c1-3-19-10-12-5-7-14(9-15(12)18)20-16-8-13(17)6-4-11(16)2/h4-9,19H,3,10H2,1-2H3. The Kier molecular flexibility index (Phi) is 5.64.